The fourth-order valence-electron chi connectivity index (χ4n) is 5.85. The van der Waals surface area contributed by atoms with E-state index in [0.29, 0.717) is 29.7 Å². The molecule has 1 aromatic carbocycles. The number of aromatic nitrogens is 1. The summed E-state index contributed by atoms with van der Waals surface area (Å²) in [5.41, 5.74) is 2.11. The number of pyridine rings is 1. The van der Waals surface area contributed by atoms with Gasteiger partial charge in [0.15, 0.2) is 5.76 Å². The number of carbonyl (C=O) groups is 1. The van der Waals surface area contributed by atoms with Gasteiger partial charge >= 0.3 is 0 Å². The van der Waals surface area contributed by atoms with Crippen LogP contribution in [-0.4, -0.2) is 45.9 Å². The summed E-state index contributed by atoms with van der Waals surface area (Å²) >= 11 is 0. The highest BCUT2D eigenvalue weighted by molar-refractivity contribution is 5.96. The number of furan rings is 1. The molecule has 3 aliphatic rings. The first-order chi connectivity index (χ1) is 13.8. The van der Waals surface area contributed by atoms with E-state index in [1.54, 1.807) is 0 Å². The monoisotopic (exact) mass is 373 g/mol. The Bertz CT molecular complexity index is 978. The Kier molecular flexibility index (Phi) is 3.60. The quantitative estimate of drug-likeness (QED) is 0.704. The van der Waals surface area contributed by atoms with Gasteiger partial charge in [-0.1, -0.05) is 18.2 Å². The van der Waals surface area contributed by atoms with E-state index in [0.717, 1.165) is 43.4 Å². The Balaban J connectivity index is 1.22. The fraction of sp³-hybridized carbons (Fsp3) is 0.391. The molecule has 0 aliphatic carbocycles. The molecular weight excluding hydrogens is 350 g/mol. The second-order valence-electron chi connectivity index (χ2n) is 8.45. The smallest absolute Gasteiger partial charge is 0.290 e. The third kappa shape index (κ3) is 2.42. The van der Waals surface area contributed by atoms with Crippen molar-refractivity contribution in [1.29, 1.82) is 0 Å². The number of benzene rings is 1. The van der Waals surface area contributed by atoms with Gasteiger partial charge in [0, 0.05) is 49.5 Å². The van der Waals surface area contributed by atoms with Crippen LogP contribution >= 0.6 is 0 Å². The minimum atomic E-state index is 0.0822. The maximum absolute atomic E-state index is 13.3. The van der Waals surface area contributed by atoms with E-state index in [9.17, 15) is 4.79 Å². The number of carbonyl (C=O) groups excluding carboxylic acids is 1. The number of para-hydroxylation sites is 1. The minimum absolute atomic E-state index is 0.0822. The molecule has 2 aromatic heterocycles. The predicted molar refractivity (Wildman–Crippen MR) is 106 cm³/mol. The van der Waals surface area contributed by atoms with Gasteiger partial charge in [-0.15, -0.1) is 0 Å². The van der Waals surface area contributed by atoms with Gasteiger partial charge in [0.1, 0.15) is 5.58 Å². The van der Waals surface area contributed by atoms with Crippen LogP contribution in [0.5, 0.6) is 0 Å². The van der Waals surface area contributed by atoms with Crippen molar-refractivity contribution in [3.63, 3.8) is 0 Å². The summed E-state index contributed by atoms with van der Waals surface area (Å²) in [6.45, 7) is 3.14. The van der Waals surface area contributed by atoms with Crippen molar-refractivity contribution in [3.8, 4) is 0 Å². The van der Waals surface area contributed by atoms with Crippen LogP contribution in [0.25, 0.3) is 11.0 Å². The van der Waals surface area contributed by atoms with Crippen LogP contribution in [0.3, 0.4) is 0 Å². The molecule has 6 rings (SSSR count). The number of amides is 1. The molecule has 5 heteroatoms. The van der Waals surface area contributed by atoms with Crippen LogP contribution in [0.4, 0.5) is 0 Å². The first kappa shape index (κ1) is 16.3. The van der Waals surface area contributed by atoms with Gasteiger partial charge in [-0.05, 0) is 54.5 Å². The lowest BCUT2D eigenvalue weighted by Gasteiger charge is -2.26. The van der Waals surface area contributed by atoms with Gasteiger partial charge in [0.2, 0.25) is 0 Å². The van der Waals surface area contributed by atoms with Crippen LogP contribution in [0.2, 0.25) is 0 Å². The Hall–Kier alpha value is -2.66. The van der Waals surface area contributed by atoms with Crippen LogP contribution < -0.4 is 0 Å². The lowest BCUT2D eigenvalue weighted by molar-refractivity contribution is 0.0665. The first-order valence-electron chi connectivity index (χ1n) is 10.2. The third-order valence-corrected chi connectivity index (χ3v) is 6.98. The van der Waals surface area contributed by atoms with Gasteiger partial charge < -0.3 is 9.32 Å². The van der Waals surface area contributed by atoms with Crippen molar-refractivity contribution in [3.05, 3.63) is 66.2 Å². The largest absolute Gasteiger partial charge is 0.451 e. The molecule has 28 heavy (non-hydrogen) atoms. The van der Waals surface area contributed by atoms with Crippen molar-refractivity contribution in [1.82, 2.24) is 14.8 Å². The van der Waals surface area contributed by atoms with Gasteiger partial charge in [0.25, 0.3) is 5.91 Å². The van der Waals surface area contributed by atoms with Crippen molar-refractivity contribution in [2.45, 2.75) is 31.5 Å². The summed E-state index contributed by atoms with van der Waals surface area (Å²) in [5.74, 6) is 1.76. The Labute approximate surface area is 163 Å². The summed E-state index contributed by atoms with van der Waals surface area (Å²) < 4.78 is 5.88. The zero-order valence-electron chi connectivity index (χ0n) is 15.7. The zero-order chi connectivity index (χ0) is 18.7. The molecule has 3 aromatic rings. The van der Waals surface area contributed by atoms with Crippen molar-refractivity contribution < 1.29 is 9.21 Å². The highest BCUT2D eigenvalue weighted by atomic mass is 16.3. The highest BCUT2D eigenvalue weighted by Gasteiger charge is 2.58. The third-order valence-electron chi connectivity index (χ3n) is 6.98. The molecule has 0 saturated carbocycles. The molecule has 3 saturated heterocycles. The molecule has 5 heterocycles. The van der Waals surface area contributed by atoms with Crippen molar-refractivity contribution in [2.24, 2.45) is 11.8 Å². The normalized spacial score (nSPS) is 28.9. The lowest BCUT2D eigenvalue weighted by Crippen LogP contribution is -2.39. The maximum Gasteiger partial charge on any atom is 0.290 e. The van der Waals surface area contributed by atoms with Crippen molar-refractivity contribution >= 4 is 16.9 Å². The van der Waals surface area contributed by atoms with Crippen LogP contribution in [0, 0.1) is 11.8 Å². The predicted octanol–water partition coefficient (Wildman–Crippen LogP) is 3.56. The van der Waals surface area contributed by atoms with E-state index in [4.69, 9.17) is 4.42 Å². The second-order valence-corrected chi connectivity index (χ2v) is 8.45. The molecular formula is C23H23N3O2. The molecule has 5 nitrogen and oxygen atoms in total. The van der Waals surface area contributed by atoms with Crippen LogP contribution in [0.1, 0.15) is 29.0 Å². The summed E-state index contributed by atoms with van der Waals surface area (Å²) in [6.07, 6.45) is 5.98. The van der Waals surface area contributed by atoms with E-state index in [2.05, 4.69) is 26.9 Å². The summed E-state index contributed by atoms with van der Waals surface area (Å²) in [5, 5.41) is 1.00. The van der Waals surface area contributed by atoms with E-state index < -0.39 is 0 Å². The SMILES string of the molecule is O=C(c1cc2ccccc2o1)N1[C@@H]2CC[C@H]1[C@H]1CN(Cc3ccncc3)C[C@H]12. The molecule has 1 amide bonds. The summed E-state index contributed by atoms with van der Waals surface area (Å²) in [7, 11) is 0. The van der Waals surface area contributed by atoms with Gasteiger partial charge in [-0.3, -0.25) is 14.7 Å². The van der Waals surface area contributed by atoms with E-state index >= 15 is 0 Å². The number of fused-ring (bicyclic) bond motifs is 6. The van der Waals surface area contributed by atoms with Gasteiger partial charge in [-0.25, -0.2) is 0 Å². The lowest BCUT2D eigenvalue weighted by atomic mass is 9.82. The van der Waals surface area contributed by atoms with Crippen molar-refractivity contribution in [2.75, 3.05) is 13.1 Å². The standard InChI is InChI=1S/C23H23N3O2/c27-23(22-11-16-3-1-2-4-21(16)28-22)26-19-5-6-20(26)18-14-25(13-17(18)19)12-15-7-9-24-10-8-15/h1-4,7-11,17-20H,5-6,12-14H2/t17-,18+,19-,20+. The Morgan fingerprint density at radius 2 is 1.75 bits per heavy atom. The molecule has 3 fully saturated rings. The molecule has 4 atom stereocenters. The number of likely N-dealkylation sites (tertiary alicyclic amines) is 1. The number of rotatable bonds is 3. The topological polar surface area (TPSA) is 49.6 Å². The van der Waals surface area contributed by atoms with E-state index in [1.165, 1.54) is 5.56 Å². The van der Waals surface area contributed by atoms with Crippen LogP contribution in [0.15, 0.2) is 59.3 Å². The number of hydrogen-bond donors (Lipinski definition) is 0. The molecule has 142 valence electrons. The average molecular weight is 373 g/mol. The zero-order valence-corrected chi connectivity index (χ0v) is 15.7. The molecule has 0 N–H and O–H groups in total. The minimum Gasteiger partial charge on any atom is -0.451 e. The first-order valence-corrected chi connectivity index (χ1v) is 10.2. The average Bonchev–Trinajstić information content (AvgIpc) is 3.47. The molecule has 0 radical (unpaired) electrons. The van der Waals surface area contributed by atoms with Crippen LogP contribution in [-0.2, 0) is 6.54 Å². The highest BCUT2D eigenvalue weighted by Crippen LogP contribution is 2.50. The number of nitrogens with zero attached hydrogens (tertiary/aromatic N) is 3. The van der Waals surface area contributed by atoms with Gasteiger partial charge in [-0.2, -0.15) is 0 Å². The van der Waals surface area contributed by atoms with Gasteiger partial charge in [0.05, 0.1) is 0 Å². The van der Waals surface area contributed by atoms with E-state index in [-0.39, 0.29) is 5.91 Å². The molecule has 2 bridgehead atoms. The molecule has 0 unspecified atom stereocenters. The summed E-state index contributed by atoms with van der Waals surface area (Å²) in [4.78, 5) is 22.1. The number of hydrogen-bond acceptors (Lipinski definition) is 4. The summed E-state index contributed by atoms with van der Waals surface area (Å²) in [6, 6.07) is 14.7. The fourth-order valence-corrected chi connectivity index (χ4v) is 5.85. The Morgan fingerprint density at radius 3 is 2.46 bits per heavy atom. The molecule has 3 aliphatic heterocycles. The Morgan fingerprint density at radius 1 is 1.04 bits per heavy atom. The maximum atomic E-state index is 13.3. The second kappa shape index (κ2) is 6.17. The van der Waals surface area contributed by atoms with E-state index in [1.807, 2.05) is 42.7 Å². The molecule has 0 spiro atoms.